The number of sulfonamides is 1. The molecule has 2 heterocycles. The summed E-state index contributed by atoms with van der Waals surface area (Å²) in [6, 6.07) is 4.96. The number of nitrogens with zero attached hydrogens (tertiary/aromatic N) is 2. The number of fused-ring (bicyclic) bond motifs is 1. The number of carbonyl (C=O) groups excluding carboxylic acids is 1. The van der Waals surface area contributed by atoms with E-state index in [2.05, 4.69) is 0 Å². The van der Waals surface area contributed by atoms with Gasteiger partial charge in [-0.1, -0.05) is 0 Å². The predicted molar refractivity (Wildman–Crippen MR) is 88.9 cm³/mol. The smallest absolute Gasteiger partial charge is 0.257 e. The molecule has 1 aromatic rings. The van der Waals surface area contributed by atoms with Gasteiger partial charge < -0.3 is 14.4 Å². The van der Waals surface area contributed by atoms with Crippen LogP contribution >= 0.6 is 0 Å². The Hall–Kier alpha value is -1.80. The molecule has 2 aliphatic rings. The summed E-state index contributed by atoms with van der Waals surface area (Å²) in [7, 11) is -0.156. The lowest BCUT2D eigenvalue weighted by Crippen LogP contribution is -2.65. The van der Waals surface area contributed by atoms with Gasteiger partial charge >= 0.3 is 0 Å². The minimum Gasteiger partial charge on any atom is -0.497 e. The zero-order chi connectivity index (χ0) is 17.5. The van der Waals surface area contributed by atoms with E-state index in [1.165, 1.54) is 17.7 Å². The van der Waals surface area contributed by atoms with Crippen molar-refractivity contribution in [2.75, 3.05) is 40.1 Å². The summed E-state index contributed by atoms with van der Waals surface area (Å²) in [5.41, 5.74) is 0.460. The first-order valence-electron chi connectivity index (χ1n) is 7.83. The zero-order valence-corrected chi connectivity index (χ0v) is 14.9. The fourth-order valence-electron chi connectivity index (χ4n) is 3.46. The molecule has 0 radical (unpaired) electrons. The van der Waals surface area contributed by atoms with E-state index >= 15 is 0 Å². The van der Waals surface area contributed by atoms with Crippen LogP contribution in [0.1, 0.15) is 16.8 Å². The Morgan fingerprint density at radius 3 is 2.58 bits per heavy atom. The van der Waals surface area contributed by atoms with Crippen molar-refractivity contribution in [3.05, 3.63) is 23.8 Å². The van der Waals surface area contributed by atoms with E-state index in [-0.39, 0.29) is 11.9 Å². The molecule has 7 nitrogen and oxygen atoms in total. The van der Waals surface area contributed by atoms with Gasteiger partial charge in [-0.25, -0.2) is 8.42 Å². The fourth-order valence-corrected chi connectivity index (χ4v) is 4.65. The SMILES string of the molecule is COc1ccc(C(=O)N2CC[C@@H]3CN(S(C)(=O)=O)[C@@H]3C2)c(OC)c1. The van der Waals surface area contributed by atoms with Crippen LogP contribution in [0.2, 0.25) is 0 Å². The van der Waals surface area contributed by atoms with Crippen molar-refractivity contribution in [1.82, 2.24) is 9.21 Å². The van der Waals surface area contributed by atoms with Gasteiger partial charge in [0.05, 0.1) is 26.0 Å². The predicted octanol–water partition coefficient (Wildman–Crippen LogP) is 0.810. The van der Waals surface area contributed by atoms with Crippen molar-refractivity contribution in [1.29, 1.82) is 0 Å². The second kappa shape index (κ2) is 6.25. The molecule has 2 aliphatic heterocycles. The van der Waals surface area contributed by atoms with Gasteiger partial charge in [0, 0.05) is 31.7 Å². The van der Waals surface area contributed by atoms with Crippen LogP contribution in [-0.2, 0) is 10.0 Å². The Bertz CT molecular complexity index is 749. The molecule has 24 heavy (non-hydrogen) atoms. The number of amides is 1. The molecule has 2 atom stereocenters. The van der Waals surface area contributed by atoms with Crippen LogP contribution in [0.3, 0.4) is 0 Å². The first kappa shape index (κ1) is 17.0. The molecule has 0 aliphatic carbocycles. The molecule has 2 fully saturated rings. The van der Waals surface area contributed by atoms with Gasteiger partial charge in [0.1, 0.15) is 11.5 Å². The third-order valence-corrected chi connectivity index (χ3v) is 6.13. The van der Waals surface area contributed by atoms with Gasteiger partial charge in [-0.15, -0.1) is 0 Å². The molecule has 0 saturated carbocycles. The summed E-state index contributed by atoms with van der Waals surface area (Å²) >= 11 is 0. The van der Waals surface area contributed by atoms with Crippen LogP contribution in [0, 0.1) is 5.92 Å². The van der Waals surface area contributed by atoms with E-state index in [1.54, 1.807) is 30.2 Å². The number of ether oxygens (including phenoxy) is 2. The maximum absolute atomic E-state index is 12.8. The van der Waals surface area contributed by atoms with E-state index in [9.17, 15) is 13.2 Å². The minimum absolute atomic E-state index is 0.109. The van der Waals surface area contributed by atoms with Gasteiger partial charge in [-0.3, -0.25) is 4.79 Å². The number of rotatable bonds is 4. The van der Waals surface area contributed by atoms with Crippen LogP contribution < -0.4 is 9.47 Å². The third-order valence-electron chi connectivity index (χ3n) is 4.86. The Labute approximate surface area is 142 Å². The van der Waals surface area contributed by atoms with Crippen molar-refractivity contribution in [2.24, 2.45) is 5.92 Å². The van der Waals surface area contributed by atoms with Crippen LogP contribution in [0.25, 0.3) is 0 Å². The quantitative estimate of drug-likeness (QED) is 0.800. The molecular weight excluding hydrogens is 332 g/mol. The van der Waals surface area contributed by atoms with E-state index in [0.29, 0.717) is 42.6 Å². The fraction of sp³-hybridized carbons (Fsp3) is 0.562. The van der Waals surface area contributed by atoms with Crippen LogP contribution in [0.4, 0.5) is 0 Å². The summed E-state index contributed by atoms with van der Waals surface area (Å²) in [6.07, 6.45) is 2.04. The number of benzene rings is 1. The third kappa shape index (κ3) is 2.95. The lowest BCUT2D eigenvalue weighted by atomic mass is 9.84. The average Bonchev–Trinajstić information content (AvgIpc) is 2.53. The molecule has 0 spiro atoms. The van der Waals surface area contributed by atoms with E-state index < -0.39 is 10.0 Å². The van der Waals surface area contributed by atoms with Gasteiger partial charge in [-0.2, -0.15) is 4.31 Å². The van der Waals surface area contributed by atoms with E-state index in [4.69, 9.17) is 9.47 Å². The van der Waals surface area contributed by atoms with Crippen LogP contribution in [0.5, 0.6) is 11.5 Å². The minimum atomic E-state index is -3.22. The number of carbonyl (C=O) groups is 1. The Balaban J connectivity index is 1.79. The van der Waals surface area contributed by atoms with Crippen LogP contribution in [-0.4, -0.2) is 69.7 Å². The number of piperidine rings is 1. The van der Waals surface area contributed by atoms with Crippen molar-refractivity contribution in [2.45, 2.75) is 12.5 Å². The monoisotopic (exact) mass is 354 g/mol. The molecule has 1 aromatic carbocycles. The summed E-state index contributed by atoms with van der Waals surface area (Å²) in [6.45, 7) is 1.62. The molecule has 0 N–H and O–H groups in total. The van der Waals surface area contributed by atoms with Gasteiger partial charge in [0.2, 0.25) is 10.0 Å². The molecule has 3 rings (SSSR count). The topological polar surface area (TPSA) is 76.2 Å². The first-order valence-corrected chi connectivity index (χ1v) is 9.68. The average molecular weight is 354 g/mol. The lowest BCUT2D eigenvalue weighted by molar-refractivity contribution is 0.0139. The summed E-state index contributed by atoms with van der Waals surface area (Å²) in [5.74, 6) is 1.27. The van der Waals surface area contributed by atoms with Crippen molar-refractivity contribution in [3.8, 4) is 11.5 Å². The molecular formula is C16H22N2O5S. The maximum atomic E-state index is 12.8. The van der Waals surface area contributed by atoms with Gasteiger partial charge in [-0.05, 0) is 24.5 Å². The molecule has 0 aromatic heterocycles. The second-order valence-corrected chi connectivity index (χ2v) is 8.20. The highest BCUT2D eigenvalue weighted by atomic mass is 32.2. The van der Waals surface area contributed by atoms with Crippen molar-refractivity contribution in [3.63, 3.8) is 0 Å². The summed E-state index contributed by atoms with van der Waals surface area (Å²) in [5, 5.41) is 0. The van der Waals surface area contributed by atoms with Gasteiger partial charge in [0.25, 0.3) is 5.91 Å². The molecule has 1 amide bonds. The molecule has 0 bridgehead atoms. The summed E-state index contributed by atoms with van der Waals surface area (Å²) in [4.78, 5) is 14.6. The highest BCUT2D eigenvalue weighted by Crippen LogP contribution is 2.35. The van der Waals surface area contributed by atoms with E-state index in [1.807, 2.05) is 0 Å². The molecule has 132 valence electrons. The Morgan fingerprint density at radius 1 is 1.21 bits per heavy atom. The lowest BCUT2D eigenvalue weighted by Gasteiger charge is -2.51. The zero-order valence-electron chi connectivity index (χ0n) is 14.1. The summed E-state index contributed by atoms with van der Waals surface area (Å²) < 4.78 is 35.5. The first-order chi connectivity index (χ1) is 11.3. The Morgan fingerprint density at radius 2 is 1.96 bits per heavy atom. The number of methoxy groups -OCH3 is 2. The molecule has 2 saturated heterocycles. The number of hydrogen-bond donors (Lipinski definition) is 0. The van der Waals surface area contributed by atoms with Crippen molar-refractivity contribution >= 4 is 15.9 Å². The molecule has 0 unspecified atom stereocenters. The number of hydrogen-bond acceptors (Lipinski definition) is 5. The second-order valence-electron chi connectivity index (χ2n) is 6.27. The molecule has 8 heteroatoms. The number of likely N-dealkylation sites (tertiary alicyclic amines) is 1. The van der Waals surface area contributed by atoms with Gasteiger partial charge in [0.15, 0.2) is 0 Å². The largest absolute Gasteiger partial charge is 0.497 e. The maximum Gasteiger partial charge on any atom is 0.257 e. The highest BCUT2D eigenvalue weighted by Gasteiger charge is 2.47. The highest BCUT2D eigenvalue weighted by molar-refractivity contribution is 7.88. The van der Waals surface area contributed by atoms with E-state index in [0.717, 1.165) is 6.42 Å². The van der Waals surface area contributed by atoms with Crippen LogP contribution in [0.15, 0.2) is 18.2 Å². The Kier molecular flexibility index (Phi) is 4.44. The van der Waals surface area contributed by atoms with Crippen molar-refractivity contribution < 1.29 is 22.7 Å². The standard InChI is InChI=1S/C16H22N2O5S/c1-22-12-4-5-13(15(8-12)23-2)16(19)17-7-6-11-9-18(14(11)10-17)24(3,20)21/h4-5,8,11,14H,6-7,9-10H2,1-3H3/t11-,14-/m1/s1. The normalized spacial score (nSPS) is 24.0.